The van der Waals surface area contributed by atoms with Gasteiger partial charge in [0, 0.05) is 28.2 Å². The molecule has 0 unspecified atom stereocenters. The maximum absolute atomic E-state index is 14.1. The first-order valence-corrected chi connectivity index (χ1v) is 12.5. The number of hydrogen-bond acceptors (Lipinski definition) is 7. The van der Waals surface area contributed by atoms with Gasteiger partial charge in [-0.25, -0.2) is 14.4 Å². The number of ether oxygens (including phenoxy) is 1. The summed E-state index contributed by atoms with van der Waals surface area (Å²) in [4.78, 5) is 20.8. The van der Waals surface area contributed by atoms with Crippen LogP contribution in [0.4, 0.5) is 10.1 Å². The third-order valence-corrected chi connectivity index (χ3v) is 7.04. The minimum absolute atomic E-state index is 0.0524. The van der Waals surface area contributed by atoms with Crippen molar-refractivity contribution in [3.05, 3.63) is 65.7 Å². The van der Waals surface area contributed by atoms with Crippen molar-refractivity contribution in [1.82, 2.24) is 9.97 Å². The molecule has 184 valence electrons. The van der Waals surface area contributed by atoms with Gasteiger partial charge in [0.15, 0.2) is 5.67 Å². The van der Waals surface area contributed by atoms with Crippen LogP contribution in [0.25, 0.3) is 11.1 Å². The molecular formula is C25H26FN3O5S. The molecule has 1 N–H and O–H groups in total. The van der Waals surface area contributed by atoms with Crippen LogP contribution < -0.4 is 10.1 Å². The summed E-state index contributed by atoms with van der Waals surface area (Å²) in [6.45, 7) is 5.24. The zero-order valence-electron chi connectivity index (χ0n) is 19.7. The molecule has 0 spiro atoms. The van der Waals surface area contributed by atoms with E-state index in [1.807, 2.05) is 20.8 Å². The minimum Gasteiger partial charge on any atom is -0.490 e. The van der Waals surface area contributed by atoms with Gasteiger partial charge in [-0.1, -0.05) is 17.7 Å². The Balaban J connectivity index is 1.52. The van der Waals surface area contributed by atoms with Crippen molar-refractivity contribution >= 4 is 21.7 Å². The number of halogens is 1. The number of nitrogens with zero attached hydrogens (tertiary/aromatic N) is 2. The lowest BCUT2D eigenvalue weighted by Gasteiger charge is -2.17. The van der Waals surface area contributed by atoms with Gasteiger partial charge in [0.1, 0.15) is 25.3 Å². The van der Waals surface area contributed by atoms with E-state index in [0.717, 1.165) is 5.56 Å². The number of alkyl halides is 1. The first-order valence-electron chi connectivity index (χ1n) is 11.1. The first kappa shape index (κ1) is 24.7. The number of benzene rings is 2. The molecule has 0 saturated heterocycles. The predicted molar refractivity (Wildman–Crippen MR) is 128 cm³/mol. The standard InChI is InChI=1S/C25H26FN3O5S/c1-16-4-7-20(8-5-16)35(31,32)34-13-12-33-22-9-6-19(29-24(30)25(26)10-11-25)14-21(22)23-17(2)27-15-28-18(23)3/h4-9,14-15H,10-13H2,1-3H3,(H,29,30). The molecule has 1 fully saturated rings. The summed E-state index contributed by atoms with van der Waals surface area (Å²) in [6.07, 6.45) is 1.87. The van der Waals surface area contributed by atoms with E-state index in [0.29, 0.717) is 34.0 Å². The monoisotopic (exact) mass is 499 g/mol. The van der Waals surface area contributed by atoms with Gasteiger partial charge in [0.25, 0.3) is 16.0 Å². The molecule has 3 aromatic rings. The molecule has 0 atom stereocenters. The summed E-state index contributed by atoms with van der Waals surface area (Å²) < 4.78 is 49.9. The summed E-state index contributed by atoms with van der Waals surface area (Å²) in [7, 11) is -3.92. The van der Waals surface area contributed by atoms with Crippen molar-refractivity contribution in [2.24, 2.45) is 0 Å². The Morgan fingerprint density at radius 1 is 1.03 bits per heavy atom. The second-order valence-corrected chi connectivity index (χ2v) is 10.1. The molecule has 1 heterocycles. The van der Waals surface area contributed by atoms with E-state index in [-0.39, 0.29) is 31.0 Å². The second-order valence-electron chi connectivity index (χ2n) is 8.49. The molecule has 0 radical (unpaired) electrons. The molecule has 4 rings (SSSR count). The average Bonchev–Trinajstić information content (AvgIpc) is 3.57. The quantitative estimate of drug-likeness (QED) is 0.346. The third kappa shape index (κ3) is 5.66. The normalized spacial score (nSPS) is 14.4. The molecule has 1 aliphatic carbocycles. The summed E-state index contributed by atoms with van der Waals surface area (Å²) in [5, 5.41) is 2.62. The molecule has 35 heavy (non-hydrogen) atoms. The molecule has 1 aromatic heterocycles. The van der Waals surface area contributed by atoms with Crippen LogP contribution in [-0.4, -0.2) is 43.2 Å². The van der Waals surface area contributed by atoms with Crippen LogP contribution in [-0.2, 0) is 19.1 Å². The van der Waals surface area contributed by atoms with Crippen molar-refractivity contribution in [3.8, 4) is 16.9 Å². The number of anilines is 1. The van der Waals surface area contributed by atoms with Gasteiger partial charge in [0.05, 0.1) is 4.90 Å². The number of rotatable bonds is 9. The topological polar surface area (TPSA) is 107 Å². The molecule has 2 aromatic carbocycles. The SMILES string of the molecule is Cc1ccc(S(=O)(=O)OCCOc2ccc(NC(=O)C3(F)CC3)cc2-c2c(C)ncnc2C)cc1. The first-order chi connectivity index (χ1) is 16.6. The van der Waals surface area contributed by atoms with Crippen molar-refractivity contribution in [3.63, 3.8) is 0 Å². The van der Waals surface area contributed by atoms with Crippen LogP contribution in [0.1, 0.15) is 29.8 Å². The highest BCUT2D eigenvalue weighted by atomic mass is 32.2. The highest BCUT2D eigenvalue weighted by Crippen LogP contribution is 2.41. The van der Waals surface area contributed by atoms with E-state index in [2.05, 4.69) is 15.3 Å². The summed E-state index contributed by atoms with van der Waals surface area (Å²) in [5.41, 5.74) is 2.20. The van der Waals surface area contributed by atoms with E-state index in [4.69, 9.17) is 8.92 Å². The summed E-state index contributed by atoms with van der Waals surface area (Å²) in [5.74, 6) is -0.258. The largest absolute Gasteiger partial charge is 0.490 e. The molecule has 8 nitrogen and oxygen atoms in total. The Kier molecular flexibility index (Phi) is 6.86. The number of carbonyl (C=O) groups is 1. The molecule has 1 saturated carbocycles. The Morgan fingerprint density at radius 3 is 2.31 bits per heavy atom. The van der Waals surface area contributed by atoms with Crippen molar-refractivity contribution in [1.29, 1.82) is 0 Å². The lowest BCUT2D eigenvalue weighted by Crippen LogP contribution is -2.25. The third-order valence-electron chi connectivity index (χ3n) is 5.72. The van der Waals surface area contributed by atoms with Crippen LogP contribution in [0.3, 0.4) is 0 Å². The Morgan fingerprint density at radius 2 is 1.69 bits per heavy atom. The number of hydrogen-bond donors (Lipinski definition) is 1. The van der Waals surface area contributed by atoms with Gasteiger partial charge in [-0.2, -0.15) is 8.42 Å². The second kappa shape index (κ2) is 9.71. The molecule has 1 aliphatic rings. The number of nitrogens with one attached hydrogen (secondary N) is 1. The Hall–Kier alpha value is -3.37. The van der Waals surface area contributed by atoms with E-state index in [1.165, 1.54) is 18.5 Å². The average molecular weight is 500 g/mol. The minimum atomic E-state index is -3.92. The van der Waals surface area contributed by atoms with Gasteiger partial charge in [-0.05, 0) is 63.9 Å². The van der Waals surface area contributed by atoms with Crippen LogP contribution in [0.2, 0.25) is 0 Å². The Bertz CT molecular complexity index is 1340. The van der Waals surface area contributed by atoms with Gasteiger partial charge in [0.2, 0.25) is 0 Å². The maximum Gasteiger partial charge on any atom is 0.297 e. The fourth-order valence-corrected chi connectivity index (χ4v) is 4.45. The maximum atomic E-state index is 14.1. The van der Waals surface area contributed by atoms with E-state index in [9.17, 15) is 17.6 Å². The fraction of sp³-hybridized carbons (Fsp3) is 0.320. The van der Waals surface area contributed by atoms with Crippen LogP contribution in [0, 0.1) is 20.8 Å². The van der Waals surface area contributed by atoms with Crippen molar-refractivity contribution < 1.29 is 26.5 Å². The van der Waals surface area contributed by atoms with Crippen molar-refractivity contribution in [2.75, 3.05) is 18.5 Å². The number of carbonyl (C=O) groups excluding carboxylic acids is 1. The number of aryl methyl sites for hydroxylation is 3. The zero-order valence-corrected chi connectivity index (χ0v) is 20.5. The molecular weight excluding hydrogens is 473 g/mol. The molecule has 0 bridgehead atoms. The fourth-order valence-electron chi connectivity index (χ4n) is 3.56. The van der Waals surface area contributed by atoms with Gasteiger partial charge < -0.3 is 10.1 Å². The molecule has 10 heteroatoms. The van der Waals surface area contributed by atoms with Crippen LogP contribution in [0.5, 0.6) is 5.75 Å². The summed E-state index contributed by atoms with van der Waals surface area (Å²) >= 11 is 0. The smallest absolute Gasteiger partial charge is 0.297 e. The lowest BCUT2D eigenvalue weighted by molar-refractivity contribution is -0.122. The highest BCUT2D eigenvalue weighted by molar-refractivity contribution is 7.86. The van der Waals surface area contributed by atoms with Crippen molar-refractivity contribution in [2.45, 2.75) is 44.2 Å². The van der Waals surface area contributed by atoms with E-state index >= 15 is 0 Å². The summed E-state index contributed by atoms with van der Waals surface area (Å²) in [6, 6.07) is 11.3. The van der Waals surface area contributed by atoms with E-state index < -0.39 is 21.7 Å². The van der Waals surface area contributed by atoms with Gasteiger partial charge >= 0.3 is 0 Å². The van der Waals surface area contributed by atoms with Gasteiger partial charge in [-0.15, -0.1) is 0 Å². The molecule has 1 amide bonds. The number of amides is 1. The molecule has 0 aliphatic heterocycles. The van der Waals surface area contributed by atoms with Crippen LogP contribution in [0.15, 0.2) is 53.7 Å². The Labute approximate surface area is 203 Å². The lowest BCUT2D eigenvalue weighted by atomic mass is 10.0. The zero-order chi connectivity index (χ0) is 25.2. The van der Waals surface area contributed by atoms with E-state index in [1.54, 1.807) is 30.3 Å². The predicted octanol–water partition coefficient (Wildman–Crippen LogP) is 4.29. The number of aromatic nitrogens is 2. The highest BCUT2D eigenvalue weighted by Gasteiger charge is 2.50. The van der Waals surface area contributed by atoms with Gasteiger partial charge in [-0.3, -0.25) is 8.98 Å². The van der Waals surface area contributed by atoms with Crippen LogP contribution >= 0.6 is 0 Å².